The minimum Gasteiger partial charge on any atom is -0.492 e. The quantitative estimate of drug-likeness (QED) is 0.215. The topological polar surface area (TPSA) is 109 Å². The van der Waals surface area contributed by atoms with Gasteiger partial charge in [0.2, 0.25) is 5.91 Å². The van der Waals surface area contributed by atoms with Crippen LogP contribution in [0.3, 0.4) is 0 Å². The average Bonchev–Trinajstić information content (AvgIpc) is 3.41. The second-order valence-corrected chi connectivity index (χ2v) is 14.2. The molecule has 0 saturated carbocycles. The highest BCUT2D eigenvalue weighted by atomic mass is 16.6. The lowest BCUT2D eigenvalue weighted by atomic mass is 9.88. The first-order chi connectivity index (χ1) is 23.6. The first-order valence-electron chi connectivity index (χ1n) is 17.6. The molecule has 2 aliphatic rings. The summed E-state index contributed by atoms with van der Waals surface area (Å²) in [5, 5.41) is 22.7. The number of esters is 1. The number of aliphatic hydroxyl groups is 2. The lowest BCUT2D eigenvalue weighted by Gasteiger charge is -2.33. The van der Waals surface area contributed by atoms with Crippen molar-refractivity contribution in [2.24, 2.45) is 5.92 Å². The number of hydrogen-bond acceptors (Lipinski definition) is 8. The van der Waals surface area contributed by atoms with Gasteiger partial charge in [0, 0.05) is 39.0 Å². The Labute approximate surface area is 290 Å². The highest BCUT2D eigenvalue weighted by Crippen LogP contribution is 2.37. The number of fused-ring (bicyclic) bond motifs is 1. The van der Waals surface area contributed by atoms with E-state index in [0.29, 0.717) is 26.0 Å². The van der Waals surface area contributed by atoms with Gasteiger partial charge in [-0.2, -0.15) is 0 Å². The van der Waals surface area contributed by atoms with Gasteiger partial charge in [-0.25, -0.2) is 0 Å². The number of carbonyl (C=O) groups is 2. The summed E-state index contributed by atoms with van der Waals surface area (Å²) in [6.07, 6.45) is -0.418. The fourth-order valence-corrected chi connectivity index (χ4v) is 6.78. The Morgan fingerprint density at radius 1 is 0.959 bits per heavy atom. The maximum atomic E-state index is 14.1. The summed E-state index contributed by atoms with van der Waals surface area (Å²) in [4.78, 5) is 31.0. The van der Waals surface area contributed by atoms with Gasteiger partial charge in [-0.15, -0.1) is 0 Å². The van der Waals surface area contributed by atoms with Crippen LogP contribution in [-0.2, 0) is 38.4 Å². The van der Waals surface area contributed by atoms with Gasteiger partial charge in [0.25, 0.3) is 0 Å². The number of benzene rings is 3. The molecule has 4 atom stereocenters. The van der Waals surface area contributed by atoms with Crippen molar-refractivity contribution in [3.63, 3.8) is 0 Å². The van der Waals surface area contributed by atoms with Crippen molar-refractivity contribution in [2.45, 2.75) is 83.3 Å². The van der Waals surface area contributed by atoms with E-state index in [-0.39, 0.29) is 31.1 Å². The Morgan fingerprint density at radius 3 is 2.37 bits per heavy atom. The minimum atomic E-state index is -0.909. The molecular weight excluding hydrogens is 620 g/mol. The van der Waals surface area contributed by atoms with Gasteiger partial charge in [0.05, 0.1) is 37.9 Å². The molecule has 3 aromatic carbocycles. The summed E-state index contributed by atoms with van der Waals surface area (Å²) in [6, 6.07) is 24.9. The van der Waals surface area contributed by atoms with Crippen LogP contribution in [0.2, 0.25) is 0 Å². The maximum absolute atomic E-state index is 14.1. The monoisotopic (exact) mass is 672 g/mol. The van der Waals surface area contributed by atoms with Crippen LogP contribution in [0.1, 0.15) is 68.3 Å². The molecule has 1 aliphatic carbocycles. The molecule has 0 bridgehead atoms. The predicted octanol–water partition coefficient (Wildman–Crippen LogP) is 5.12. The van der Waals surface area contributed by atoms with E-state index < -0.39 is 29.8 Å². The molecule has 2 N–H and O–H groups in total. The van der Waals surface area contributed by atoms with E-state index in [1.807, 2.05) is 99.6 Å². The van der Waals surface area contributed by atoms with Crippen LogP contribution in [0.15, 0.2) is 78.9 Å². The first-order valence-corrected chi connectivity index (χ1v) is 17.6. The van der Waals surface area contributed by atoms with Gasteiger partial charge in [-0.05, 0) is 73.9 Å². The molecule has 0 aromatic heterocycles. The van der Waals surface area contributed by atoms with Crippen molar-refractivity contribution in [3.05, 3.63) is 101 Å². The summed E-state index contributed by atoms with van der Waals surface area (Å²) in [7, 11) is 0. The minimum absolute atomic E-state index is 0.0425. The van der Waals surface area contributed by atoms with Crippen molar-refractivity contribution in [2.75, 3.05) is 39.5 Å². The number of nitrogens with zero attached hydrogens (tertiary/aromatic N) is 2. The van der Waals surface area contributed by atoms with E-state index in [2.05, 4.69) is 4.90 Å². The maximum Gasteiger partial charge on any atom is 0.306 e. The summed E-state index contributed by atoms with van der Waals surface area (Å²) >= 11 is 0. The Bertz CT molecular complexity index is 1480. The van der Waals surface area contributed by atoms with Crippen LogP contribution >= 0.6 is 0 Å². The zero-order valence-electron chi connectivity index (χ0n) is 29.1. The van der Waals surface area contributed by atoms with Crippen molar-refractivity contribution in [1.29, 1.82) is 0 Å². The van der Waals surface area contributed by atoms with Crippen molar-refractivity contribution >= 4 is 11.9 Å². The number of rotatable bonds is 15. The Kier molecular flexibility index (Phi) is 12.9. The summed E-state index contributed by atoms with van der Waals surface area (Å²) in [5.41, 5.74) is 3.25. The highest BCUT2D eigenvalue weighted by molar-refractivity contribution is 5.77. The van der Waals surface area contributed by atoms with E-state index in [1.54, 1.807) is 4.90 Å². The molecule has 0 unspecified atom stereocenters. The van der Waals surface area contributed by atoms with E-state index >= 15 is 0 Å². The third-order valence-electron chi connectivity index (χ3n) is 9.27. The standard InChI is InChI=1S/C40H52N2O7/c1-40(2,3)49-38(46)27-32(25-29-9-5-4-6-10-29)35(43)17-18-37(45)42(39-34-12-8-7-11-31(34)26-36(39)44)28-30-13-15-33(16-14-30)48-24-21-41-19-22-47-23-20-41/h4-16,32,35-36,39,43-44H,17-28H2,1-3H3/t32-,35+,36-,39+/m1/s1. The molecule has 1 heterocycles. The van der Waals surface area contributed by atoms with Gasteiger partial charge < -0.3 is 29.3 Å². The lowest BCUT2D eigenvalue weighted by molar-refractivity contribution is -0.157. The Morgan fingerprint density at radius 2 is 1.65 bits per heavy atom. The summed E-state index contributed by atoms with van der Waals surface area (Å²) in [6.45, 7) is 10.5. The molecule has 1 aliphatic heterocycles. The largest absolute Gasteiger partial charge is 0.492 e. The van der Waals surface area contributed by atoms with Crippen LogP contribution in [0.4, 0.5) is 0 Å². The van der Waals surface area contributed by atoms with Crippen molar-refractivity contribution in [3.8, 4) is 5.75 Å². The Hall–Kier alpha value is -3.76. The Balaban J connectivity index is 1.27. The van der Waals surface area contributed by atoms with Crippen LogP contribution in [0.5, 0.6) is 5.75 Å². The molecule has 49 heavy (non-hydrogen) atoms. The summed E-state index contributed by atoms with van der Waals surface area (Å²) < 4.78 is 17.0. The van der Waals surface area contributed by atoms with E-state index in [9.17, 15) is 19.8 Å². The van der Waals surface area contributed by atoms with Crippen LogP contribution in [0.25, 0.3) is 0 Å². The van der Waals surface area contributed by atoms with E-state index in [1.165, 1.54) is 0 Å². The second-order valence-electron chi connectivity index (χ2n) is 14.2. The lowest BCUT2D eigenvalue weighted by Crippen LogP contribution is -2.39. The molecule has 5 rings (SSSR count). The molecule has 264 valence electrons. The number of carbonyl (C=O) groups excluding carboxylic acids is 2. The molecule has 1 fully saturated rings. The average molecular weight is 673 g/mol. The van der Waals surface area contributed by atoms with Gasteiger partial charge in [-0.3, -0.25) is 14.5 Å². The van der Waals surface area contributed by atoms with Gasteiger partial charge in [-0.1, -0.05) is 66.7 Å². The van der Waals surface area contributed by atoms with E-state index in [4.69, 9.17) is 14.2 Å². The molecule has 1 saturated heterocycles. The third kappa shape index (κ3) is 10.9. The molecule has 3 aromatic rings. The van der Waals surface area contributed by atoms with Gasteiger partial charge in [0.1, 0.15) is 18.0 Å². The number of aliphatic hydroxyl groups excluding tert-OH is 2. The second kappa shape index (κ2) is 17.3. The molecule has 9 nitrogen and oxygen atoms in total. The zero-order valence-corrected chi connectivity index (χ0v) is 29.1. The number of hydrogen-bond donors (Lipinski definition) is 2. The smallest absolute Gasteiger partial charge is 0.306 e. The number of ether oxygens (including phenoxy) is 3. The highest BCUT2D eigenvalue weighted by Gasteiger charge is 2.38. The molecule has 0 radical (unpaired) electrons. The van der Waals surface area contributed by atoms with Crippen molar-refractivity contribution in [1.82, 2.24) is 9.80 Å². The predicted molar refractivity (Wildman–Crippen MR) is 188 cm³/mol. The van der Waals surface area contributed by atoms with Crippen LogP contribution < -0.4 is 4.74 Å². The molecular formula is C40H52N2O7. The molecule has 1 amide bonds. The van der Waals surface area contributed by atoms with Crippen LogP contribution in [0, 0.1) is 5.92 Å². The zero-order chi connectivity index (χ0) is 34.8. The fraction of sp³-hybridized carbons (Fsp3) is 0.500. The SMILES string of the molecule is CC(C)(C)OC(=O)C[C@@H](Cc1ccccc1)[C@@H](O)CCC(=O)N(Cc1ccc(OCCN2CCOCC2)cc1)[C@H]1c2ccccc2C[C@H]1O. The number of amides is 1. The third-order valence-corrected chi connectivity index (χ3v) is 9.27. The normalized spacial score (nSPS) is 19.1. The first kappa shape index (κ1) is 36.5. The fourth-order valence-electron chi connectivity index (χ4n) is 6.78. The van der Waals surface area contributed by atoms with Gasteiger partial charge >= 0.3 is 5.97 Å². The molecule has 0 spiro atoms. The van der Waals surface area contributed by atoms with Crippen LogP contribution in [-0.4, -0.2) is 89.2 Å². The molecule has 9 heteroatoms. The van der Waals surface area contributed by atoms with Gasteiger partial charge in [0.15, 0.2) is 0 Å². The van der Waals surface area contributed by atoms with E-state index in [0.717, 1.165) is 60.9 Å². The summed E-state index contributed by atoms with van der Waals surface area (Å²) in [5.74, 6) is -0.202. The van der Waals surface area contributed by atoms with Crippen molar-refractivity contribution < 1.29 is 34.0 Å². The number of morpholine rings is 1.